The van der Waals surface area contributed by atoms with Crippen LogP contribution in [-0.2, 0) is 4.79 Å². The number of amides is 1. The summed E-state index contributed by atoms with van der Waals surface area (Å²) in [7, 11) is 0. The number of nitrogens with zero attached hydrogens (tertiary/aromatic N) is 2. The molecule has 0 saturated heterocycles. The van der Waals surface area contributed by atoms with E-state index in [-0.39, 0.29) is 24.4 Å². The van der Waals surface area contributed by atoms with Gasteiger partial charge in [0.2, 0.25) is 0 Å². The second-order valence-electron chi connectivity index (χ2n) is 7.94. The number of carbonyl (C=O) groups is 1. The predicted octanol–water partition coefficient (Wildman–Crippen LogP) is 3.80. The van der Waals surface area contributed by atoms with E-state index in [4.69, 9.17) is 4.74 Å². The molecule has 3 aliphatic rings. The first-order chi connectivity index (χ1) is 14.0. The molecule has 150 valence electrons. The van der Waals surface area contributed by atoms with Gasteiger partial charge in [0, 0.05) is 17.3 Å². The minimum atomic E-state index is -0.386. The number of rotatable bonds is 3. The van der Waals surface area contributed by atoms with E-state index in [0.29, 0.717) is 17.6 Å². The highest BCUT2D eigenvalue weighted by Gasteiger charge is 2.36. The van der Waals surface area contributed by atoms with E-state index in [9.17, 15) is 9.18 Å². The number of fused-ring (bicyclic) bond motifs is 3. The lowest BCUT2D eigenvalue weighted by molar-refractivity contribution is -0.122. The number of nitrogens with one attached hydrogen (secondary N) is 2. The summed E-state index contributed by atoms with van der Waals surface area (Å²) in [4.78, 5) is 14.1. The Morgan fingerprint density at radius 1 is 1.24 bits per heavy atom. The highest BCUT2D eigenvalue weighted by atomic mass is 19.1. The van der Waals surface area contributed by atoms with Crippen LogP contribution in [0.3, 0.4) is 0 Å². The van der Waals surface area contributed by atoms with Gasteiger partial charge in [-0.15, -0.1) is 0 Å². The molecule has 0 bridgehead atoms. The van der Waals surface area contributed by atoms with Crippen LogP contribution in [0.2, 0.25) is 0 Å². The van der Waals surface area contributed by atoms with Gasteiger partial charge in [0.15, 0.2) is 5.84 Å². The van der Waals surface area contributed by atoms with Crippen LogP contribution >= 0.6 is 0 Å². The molecule has 0 radical (unpaired) electrons. The van der Waals surface area contributed by atoms with Gasteiger partial charge in [-0.3, -0.25) is 4.79 Å². The molecule has 1 saturated carbocycles. The zero-order valence-corrected chi connectivity index (χ0v) is 16.5. The molecule has 7 heteroatoms. The van der Waals surface area contributed by atoms with E-state index in [1.54, 1.807) is 12.1 Å². The number of hydrazone groups is 1. The number of hydrogen-bond acceptors (Lipinski definition) is 5. The van der Waals surface area contributed by atoms with E-state index in [1.807, 2.05) is 30.9 Å². The summed E-state index contributed by atoms with van der Waals surface area (Å²) in [6.45, 7) is 4.10. The van der Waals surface area contributed by atoms with Crippen molar-refractivity contribution in [2.24, 2.45) is 5.10 Å². The number of anilines is 2. The van der Waals surface area contributed by atoms with Crippen molar-refractivity contribution in [2.75, 3.05) is 16.8 Å². The third-order valence-corrected chi connectivity index (χ3v) is 6.01. The fourth-order valence-electron chi connectivity index (χ4n) is 4.07. The Hall–Kier alpha value is -3.09. The van der Waals surface area contributed by atoms with Crippen LogP contribution in [0.25, 0.3) is 11.1 Å². The van der Waals surface area contributed by atoms with Gasteiger partial charge in [0.1, 0.15) is 24.2 Å². The second kappa shape index (κ2) is 6.76. The summed E-state index contributed by atoms with van der Waals surface area (Å²) in [6.07, 6.45) is 3.44. The SMILES string of the molecule is Cc1ccc(F)cc1-c1cc2c(cc1NC1CCC1)N1C(=NNC(=O)C1C)CO2. The topological polar surface area (TPSA) is 66.0 Å². The van der Waals surface area contributed by atoms with Crippen LogP contribution < -0.4 is 20.4 Å². The summed E-state index contributed by atoms with van der Waals surface area (Å²) in [5, 5.41) is 7.77. The molecule has 1 unspecified atom stereocenters. The van der Waals surface area contributed by atoms with Crippen LogP contribution in [0, 0.1) is 12.7 Å². The largest absolute Gasteiger partial charge is 0.483 e. The first kappa shape index (κ1) is 18.0. The lowest BCUT2D eigenvalue weighted by Gasteiger charge is -2.39. The van der Waals surface area contributed by atoms with Crippen LogP contribution in [-0.4, -0.2) is 30.4 Å². The number of halogens is 1. The smallest absolute Gasteiger partial charge is 0.262 e. The van der Waals surface area contributed by atoms with Gasteiger partial charge in [0.25, 0.3) is 5.91 Å². The van der Waals surface area contributed by atoms with Gasteiger partial charge in [0.05, 0.1) is 5.69 Å². The fourth-order valence-corrected chi connectivity index (χ4v) is 4.07. The highest BCUT2D eigenvalue weighted by molar-refractivity contribution is 6.10. The number of ether oxygens (including phenoxy) is 1. The van der Waals surface area contributed by atoms with Gasteiger partial charge in [-0.2, -0.15) is 5.10 Å². The van der Waals surface area contributed by atoms with Crippen molar-refractivity contribution < 1.29 is 13.9 Å². The van der Waals surface area contributed by atoms with Crippen molar-refractivity contribution in [3.8, 4) is 16.9 Å². The van der Waals surface area contributed by atoms with Crippen molar-refractivity contribution in [1.29, 1.82) is 0 Å². The Labute approximate surface area is 168 Å². The normalized spacial score (nSPS) is 20.7. The Morgan fingerprint density at radius 3 is 2.83 bits per heavy atom. The maximum atomic E-state index is 14.0. The van der Waals surface area contributed by atoms with Crippen LogP contribution in [0.5, 0.6) is 5.75 Å². The molecule has 1 atom stereocenters. The van der Waals surface area contributed by atoms with Crippen molar-refractivity contribution in [3.63, 3.8) is 0 Å². The Bertz CT molecular complexity index is 1030. The lowest BCUT2D eigenvalue weighted by atomic mass is 9.91. The Morgan fingerprint density at radius 2 is 2.07 bits per heavy atom. The molecule has 1 fully saturated rings. The zero-order valence-electron chi connectivity index (χ0n) is 16.5. The number of carbonyl (C=O) groups excluding carboxylic acids is 1. The maximum Gasteiger partial charge on any atom is 0.262 e. The number of benzene rings is 2. The molecule has 1 aliphatic carbocycles. The number of hydrogen-bond donors (Lipinski definition) is 2. The third-order valence-electron chi connectivity index (χ3n) is 6.01. The van der Waals surface area contributed by atoms with E-state index in [0.717, 1.165) is 40.9 Å². The number of amidine groups is 1. The first-order valence-electron chi connectivity index (χ1n) is 10.0. The van der Waals surface area contributed by atoms with E-state index in [2.05, 4.69) is 15.8 Å². The molecule has 2 heterocycles. The monoisotopic (exact) mass is 394 g/mol. The molecule has 2 aromatic carbocycles. The van der Waals surface area contributed by atoms with Crippen molar-refractivity contribution in [2.45, 2.75) is 45.2 Å². The minimum absolute atomic E-state index is 0.153. The quantitative estimate of drug-likeness (QED) is 0.831. The van der Waals surface area contributed by atoms with E-state index < -0.39 is 0 Å². The highest BCUT2D eigenvalue weighted by Crippen LogP contribution is 2.44. The summed E-state index contributed by atoms with van der Waals surface area (Å²) in [5.41, 5.74) is 7.00. The molecule has 2 aliphatic heterocycles. The lowest BCUT2D eigenvalue weighted by Crippen LogP contribution is -2.55. The molecule has 2 N–H and O–H groups in total. The summed E-state index contributed by atoms with van der Waals surface area (Å²) < 4.78 is 20.0. The molecule has 1 amide bonds. The molecule has 0 aromatic heterocycles. The van der Waals surface area contributed by atoms with Gasteiger partial charge in [-0.25, -0.2) is 9.82 Å². The van der Waals surface area contributed by atoms with Gasteiger partial charge < -0.3 is 15.0 Å². The van der Waals surface area contributed by atoms with E-state index in [1.165, 1.54) is 12.5 Å². The summed E-state index contributed by atoms with van der Waals surface area (Å²) >= 11 is 0. The van der Waals surface area contributed by atoms with Gasteiger partial charge in [-0.05, 0) is 68.5 Å². The fraction of sp³-hybridized carbons (Fsp3) is 0.364. The Kier molecular flexibility index (Phi) is 4.19. The van der Waals surface area contributed by atoms with Crippen molar-refractivity contribution >= 4 is 23.1 Å². The summed E-state index contributed by atoms with van der Waals surface area (Å²) in [5.74, 6) is 0.923. The number of aryl methyl sites for hydroxylation is 1. The van der Waals surface area contributed by atoms with Crippen LogP contribution in [0.4, 0.5) is 15.8 Å². The van der Waals surface area contributed by atoms with Crippen molar-refractivity contribution in [1.82, 2.24) is 5.43 Å². The molecular weight excluding hydrogens is 371 g/mol. The molecule has 5 rings (SSSR count). The predicted molar refractivity (Wildman–Crippen MR) is 111 cm³/mol. The summed E-state index contributed by atoms with van der Waals surface area (Å²) in [6, 6.07) is 8.81. The zero-order chi connectivity index (χ0) is 20.1. The second-order valence-corrected chi connectivity index (χ2v) is 7.94. The average Bonchev–Trinajstić information content (AvgIpc) is 2.68. The molecule has 2 aromatic rings. The van der Waals surface area contributed by atoms with E-state index >= 15 is 0 Å². The van der Waals surface area contributed by atoms with Crippen LogP contribution in [0.1, 0.15) is 31.7 Å². The standard InChI is InChI=1S/C22H23FN4O2/c1-12-6-7-14(23)8-16(12)17-9-20-19(10-18(17)24-15-4-3-5-15)27-13(2)22(28)26-25-21(27)11-29-20/h6-10,13,15,24H,3-5,11H2,1-2H3,(H,26,28). The minimum Gasteiger partial charge on any atom is -0.483 e. The Balaban J connectivity index is 1.67. The molecule has 6 nitrogen and oxygen atoms in total. The van der Waals surface area contributed by atoms with Gasteiger partial charge >= 0.3 is 0 Å². The van der Waals surface area contributed by atoms with Crippen LogP contribution in [0.15, 0.2) is 35.4 Å². The van der Waals surface area contributed by atoms with Crippen molar-refractivity contribution in [3.05, 3.63) is 41.7 Å². The molecular formula is C22H23FN4O2. The first-order valence-corrected chi connectivity index (χ1v) is 10.0. The maximum absolute atomic E-state index is 14.0. The third kappa shape index (κ3) is 3.01. The molecule has 29 heavy (non-hydrogen) atoms. The van der Waals surface area contributed by atoms with Gasteiger partial charge in [-0.1, -0.05) is 6.07 Å². The average molecular weight is 394 g/mol. The molecule has 0 spiro atoms.